The van der Waals surface area contributed by atoms with Gasteiger partial charge < -0.3 is 24.8 Å². The highest BCUT2D eigenvalue weighted by Crippen LogP contribution is 2.34. The lowest BCUT2D eigenvalue weighted by atomic mass is 9.95. The average molecular weight is 419 g/mol. The van der Waals surface area contributed by atoms with Gasteiger partial charge in [-0.2, -0.15) is 0 Å². The van der Waals surface area contributed by atoms with Crippen LogP contribution in [0.2, 0.25) is 0 Å². The number of esters is 1. The number of carbonyl (C=O) groups is 4. The molecule has 2 aliphatic heterocycles. The molecule has 162 valence electrons. The Kier molecular flexibility index (Phi) is 6.14. The molecule has 0 unspecified atom stereocenters. The van der Waals surface area contributed by atoms with Crippen molar-refractivity contribution in [3.05, 3.63) is 18.2 Å². The molecule has 0 aromatic heterocycles. The molecule has 0 radical (unpaired) electrons. The number of carbonyl (C=O) groups excluding carboxylic acids is 4. The Balaban J connectivity index is 1.53. The van der Waals surface area contributed by atoms with Gasteiger partial charge in [-0.05, 0) is 32.4 Å². The smallest absolute Gasteiger partial charge is 0.327 e. The van der Waals surface area contributed by atoms with Gasteiger partial charge in [-0.1, -0.05) is 19.8 Å². The molecule has 10 heteroatoms. The van der Waals surface area contributed by atoms with Gasteiger partial charge in [0.15, 0.2) is 17.6 Å². The molecule has 0 aliphatic carbocycles. The summed E-state index contributed by atoms with van der Waals surface area (Å²) >= 11 is 0. The van der Waals surface area contributed by atoms with Crippen LogP contribution in [0, 0.1) is 0 Å². The summed E-state index contributed by atoms with van der Waals surface area (Å²) in [4.78, 5) is 50.1. The van der Waals surface area contributed by atoms with Crippen molar-refractivity contribution in [2.45, 2.75) is 51.7 Å². The largest absolute Gasteiger partial charge is 0.454 e. The summed E-state index contributed by atoms with van der Waals surface area (Å²) in [5.41, 5.74) is -0.580. The average Bonchev–Trinajstić information content (AvgIpc) is 3.24. The van der Waals surface area contributed by atoms with Crippen LogP contribution in [-0.2, 0) is 19.1 Å². The fraction of sp³-hybridized carbons (Fsp3) is 0.500. The Morgan fingerprint density at radius 1 is 1.30 bits per heavy atom. The molecule has 1 aromatic carbocycles. The van der Waals surface area contributed by atoms with Crippen molar-refractivity contribution in [3.63, 3.8) is 0 Å². The van der Waals surface area contributed by atoms with Gasteiger partial charge >= 0.3 is 12.0 Å². The Hall–Kier alpha value is -3.30. The van der Waals surface area contributed by atoms with Crippen molar-refractivity contribution < 1.29 is 33.4 Å². The summed E-state index contributed by atoms with van der Waals surface area (Å²) in [5.74, 6) is -0.816. The molecule has 0 saturated carbocycles. The molecule has 30 heavy (non-hydrogen) atoms. The van der Waals surface area contributed by atoms with E-state index < -0.39 is 42.0 Å². The summed E-state index contributed by atoms with van der Waals surface area (Å²) in [6, 6.07) is 4.23. The van der Waals surface area contributed by atoms with E-state index in [0.29, 0.717) is 23.6 Å². The van der Waals surface area contributed by atoms with E-state index >= 15 is 0 Å². The van der Waals surface area contributed by atoms with E-state index in [0.717, 1.165) is 17.7 Å². The van der Waals surface area contributed by atoms with Gasteiger partial charge in [-0.3, -0.25) is 19.3 Å². The third-order valence-corrected chi connectivity index (χ3v) is 4.98. The maximum atomic E-state index is 12.6. The molecule has 2 atom stereocenters. The lowest BCUT2D eigenvalue weighted by Gasteiger charge is -2.21. The number of fused-ring (bicyclic) bond motifs is 1. The number of anilines is 1. The highest BCUT2D eigenvalue weighted by molar-refractivity contribution is 6.08. The maximum Gasteiger partial charge on any atom is 0.327 e. The molecule has 3 rings (SSSR count). The number of hydrogen-bond donors (Lipinski definition) is 2. The number of hydrogen-bond acceptors (Lipinski definition) is 7. The first-order valence-electron chi connectivity index (χ1n) is 9.77. The van der Waals surface area contributed by atoms with Crippen molar-refractivity contribution in [3.8, 4) is 11.5 Å². The van der Waals surface area contributed by atoms with Crippen LogP contribution in [0.25, 0.3) is 0 Å². The lowest BCUT2D eigenvalue weighted by Crippen LogP contribution is -2.44. The Bertz CT molecular complexity index is 872. The molecule has 2 aliphatic rings. The van der Waals surface area contributed by atoms with Crippen molar-refractivity contribution in [2.24, 2.45) is 0 Å². The predicted molar refractivity (Wildman–Crippen MR) is 105 cm³/mol. The number of nitrogens with zero attached hydrogens (tertiary/aromatic N) is 1. The van der Waals surface area contributed by atoms with Crippen LogP contribution < -0.4 is 20.1 Å². The highest BCUT2D eigenvalue weighted by atomic mass is 16.7. The topological polar surface area (TPSA) is 123 Å². The number of imide groups is 1. The van der Waals surface area contributed by atoms with Crippen molar-refractivity contribution in [1.82, 2.24) is 10.2 Å². The number of benzene rings is 1. The molecule has 2 N–H and O–H groups in total. The minimum atomic E-state index is -1.13. The normalized spacial score (nSPS) is 20.7. The third-order valence-electron chi connectivity index (χ3n) is 4.98. The fourth-order valence-electron chi connectivity index (χ4n) is 3.23. The number of unbranched alkanes of at least 4 members (excludes halogenated alkanes) is 1. The Morgan fingerprint density at radius 2 is 2.03 bits per heavy atom. The monoisotopic (exact) mass is 419 g/mol. The van der Waals surface area contributed by atoms with Gasteiger partial charge in [-0.25, -0.2) is 4.79 Å². The predicted octanol–water partition coefficient (Wildman–Crippen LogP) is 1.79. The molecule has 1 saturated heterocycles. The minimum Gasteiger partial charge on any atom is -0.454 e. The SMILES string of the molecule is CCCC[C@@]1(C)NC(=O)N(CC(=O)O[C@H](C)C(=O)Nc2ccc3c(c2)OCO3)C1=O. The van der Waals surface area contributed by atoms with Crippen LogP contribution in [0.4, 0.5) is 10.5 Å². The van der Waals surface area contributed by atoms with Crippen LogP contribution in [0.15, 0.2) is 18.2 Å². The van der Waals surface area contributed by atoms with Crippen LogP contribution in [0.5, 0.6) is 11.5 Å². The summed E-state index contributed by atoms with van der Waals surface area (Å²) < 4.78 is 15.6. The fourth-order valence-corrected chi connectivity index (χ4v) is 3.23. The first kappa shape index (κ1) is 21.4. The molecule has 2 heterocycles. The summed E-state index contributed by atoms with van der Waals surface area (Å²) in [6.07, 6.45) is 0.984. The number of ether oxygens (including phenoxy) is 3. The van der Waals surface area contributed by atoms with E-state index in [1.807, 2.05) is 6.92 Å². The first-order chi connectivity index (χ1) is 14.2. The van der Waals surface area contributed by atoms with Crippen LogP contribution in [0.3, 0.4) is 0 Å². The molecule has 1 fully saturated rings. The number of amides is 4. The van der Waals surface area contributed by atoms with E-state index in [-0.39, 0.29) is 6.79 Å². The van der Waals surface area contributed by atoms with Gasteiger partial charge in [0, 0.05) is 11.8 Å². The first-order valence-corrected chi connectivity index (χ1v) is 9.77. The van der Waals surface area contributed by atoms with E-state index in [2.05, 4.69) is 10.6 Å². The van der Waals surface area contributed by atoms with Gasteiger partial charge in [-0.15, -0.1) is 0 Å². The summed E-state index contributed by atoms with van der Waals surface area (Å²) in [6.45, 7) is 4.57. The molecule has 10 nitrogen and oxygen atoms in total. The van der Waals surface area contributed by atoms with Gasteiger partial charge in [0.25, 0.3) is 11.8 Å². The van der Waals surface area contributed by atoms with E-state index in [9.17, 15) is 19.2 Å². The lowest BCUT2D eigenvalue weighted by molar-refractivity contribution is -0.155. The van der Waals surface area contributed by atoms with E-state index in [4.69, 9.17) is 14.2 Å². The van der Waals surface area contributed by atoms with Crippen molar-refractivity contribution in [1.29, 1.82) is 0 Å². The minimum absolute atomic E-state index is 0.112. The zero-order valence-corrected chi connectivity index (χ0v) is 17.1. The van der Waals surface area contributed by atoms with E-state index in [1.54, 1.807) is 25.1 Å². The van der Waals surface area contributed by atoms with Crippen LogP contribution >= 0.6 is 0 Å². The van der Waals surface area contributed by atoms with Gasteiger partial charge in [0.2, 0.25) is 6.79 Å². The van der Waals surface area contributed by atoms with Gasteiger partial charge in [0.05, 0.1) is 0 Å². The molecular weight excluding hydrogens is 394 g/mol. The number of urea groups is 1. The van der Waals surface area contributed by atoms with Gasteiger partial charge in [0.1, 0.15) is 12.1 Å². The molecule has 4 amide bonds. The number of nitrogens with one attached hydrogen (secondary N) is 2. The Morgan fingerprint density at radius 3 is 2.77 bits per heavy atom. The molecular formula is C20H25N3O7. The zero-order valence-electron chi connectivity index (χ0n) is 17.1. The standard InChI is InChI=1S/C20H25N3O7/c1-4-5-8-20(3)18(26)23(19(27)22-20)10-16(24)30-12(2)17(25)21-13-6-7-14-15(9-13)29-11-28-14/h6-7,9,12H,4-5,8,10-11H2,1-3H3,(H,21,25)(H,22,27)/t12-,20-/m1/s1. The second kappa shape index (κ2) is 8.60. The van der Waals surface area contributed by atoms with Crippen molar-refractivity contribution >= 4 is 29.5 Å². The zero-order chi connectivity index (χ0) is 21.9. The highest BCUT2D eigenvalue weighted by Gasteiger charge is 2.48. The third kappa shape index (κ3) is 4.47. The second-order valence-electron chi connectivity index (χ2n) is 7.45. The summed E-state index contributed by atoms with van der Waals surface area (Å²) in [5, 5.41) is 5.24. The summed E-state index contributed by atoms with van der Waals surface area (Å²) in [7, 11) is 0. The van der Waals surface area contributed by atoms with E-state index in [1.165, 1.54) is 6.92 Å². The second-order valence-corrected chi connectivity index (χ2v) is 7.45. The van der Waals surface area contributed by atoms with Crippen LogP contribution in [-0.4, -0.2) is 53.7 Å². The van der Waals surface area contributed by atoms with Crippen molar-refractivity contribution in [2.75, 3.05) is 18.7 Å². The van der Waals surface area contributed by atoms with Crippen LogP contribution in [0.1, 0.15) is 40.0 Å². The molecule has 1 aromatic rings. The number of rotatable bonds is 8. The molecule has 0 bridgehead atoms. The quantitative estimate of drug-likeness (QED) is 0.486. The Labute approximate surface area is 173 Å². The molecule has 0 spiro atoms. The maximum absolute atomic E-state index is 12.6.